The van der Waals surface area contributed by atoms with Gasteiger partial charge in [-0.1, -0.05) is 23.2 Å². The zero-order valence-electron chi connectivity index (χ0n) is 19.3. The molecule has 0 spiro atoms. The summed E-state index contributed by atoms with van der Waals surface area (Å²) >= 11 is 11.0. The molecule has 17 heteroatoms. The van der Waals surface area contributed by atoms with Gasteiger partial charge >= 0.3 is 5.97 Å². The molecule has 1 fully saturated rings. The van der Waals surface area contributed by atoms with Crippen molar-refractivity contribution in [1.29, 1.82) is 0 Å². The number of aliphatic carboxylic acids is 1. The van der Waals surface area contributed by atoms with E-state index in [1.165, 1.54) is 0 Å². The molecule has 13 nitrogen and oxygen atoms in total. The maximum absolute atomic E-state index is 12.9. The van der Waals surface area contributed by atoms with Crippen LogP contribution in [0, 0.1) is 22.0 Å². The van der Waals surface area contributed by atoms with E-state index in [0.29, 0.717) is 6.42 Å². The van der Waals surface area contributed by atoms with E-state index in [0.717, 1.165) is 24.5 Å². The number of ether oxygens (including phenoxy) is 1. The topological polar surface area (TPSA) is 214 Å². The summed E-state index contributed by atoms with van der Waals surface area (Å²) in [7, 11) is -3.70. The van der Waals surface area contributed by atoms with Crippen molar-refractivity contribution in [1.82, 2.24) is 4.98 Å². The molecule has 1 aliphatic carbocycles. The Morgan fingerprint density at radius 2 is 1.82 bits per heavy atom. The number of benzene rings is 1. The van der Waals surface area contributed by atoms with Gasteiger partial charge in [0.25, 0.3) is 5.69 Å². The highest BCUT2D eigenvalue weighted by molar-refractivity contribution is 7.90. The fourth-order valence-electron chi connectivity index (χ4n) is 3.19. The maximum Gasteiger partial charge on any atom is 0.341 e. The number of halogens is 3. The zero-order chi connectivity index (χ0) is 28.9. The molecule has 38 heavy (non-hydrogen) atoms. The molecule has 1 aliphatic rings. The smallest absolute Gasteiger partial charge is 0.341 e. The van der Waals surface area contributed by atoms with Gasteiger partial charge in [-0.3, -0.25) is 24.5 Å². The number of sulfone groups is 1. The van der Waals surface area contributed by atoms with E-state index in [-0.39, 0.29) is 28.4 Å². The molecule has 1 saturated carbocycles. The molecule has 1 aromatic heterocycles. The Balaban J connectivity index is 0.000000293. The van der Waals surface area contributed by atoms with E-state index in [4.69, 9.17) is 34.0 Å². The van der Waals surface area contributed by atoms with Crippen LogP contribution in [0.1, 0.15) is 29.6 Å². The number of hydrogen-bond acceptors (Lipinski definition) is 11. The number of aromatic nitrogens is 1. The Bertz CT molecular complexity index is 1430. The summed E-state index contributed by atoms with van der Waals surface area (Å²) in [6.07, 6.45) is 1.37. The number of anilines is 1. The fraction of sp³-hybridized carbons (Fsp3) is 0.286. The molecule has 1 aromatic carbocycles. The lowest BCUT2D eigenvalue weighted by Gasteiger charge is -2.18. The molecule has 1 heterocycles. The number of nitrogens with two attached hydrogens (primary N) is 1. The summed E-state index contributed by atoms with van der Waals surface area (Å²) < 4.78 is 40.5. The van der Waals surface area contributed by atoms with E-state index in [1.54, 1.807) is 0 Å². The standard InChI is InChI=1S/C14H13NO7S.C7H5Cl2FN2O3/c1-23(21,22)8-5-6-9(10(7-8)15(19)20)14(18)13-11(16)3-2-4-12(13)17;8-3-5(11)4(9)7(12-6(3)10)15-1-2(13)14/h5-7,13H,2-4H2,1H3;1H2,(H2,11,12)(H,13,14). The number of nitro groups is 1. The van der Waals surface area contributed by atoms with Gasteiger partial charge in [-0.15, -0.1) is 0 Å². The minimum absolute atomic E-state index is 0.0668. The van der Waals surface area contributed by atoms with Crippen molar-refractivity contribution in [3.63, 3.8) is 0 Å². The first kappa shape index (κ1) is 30.5. The summed E-state index contributed by atoms with van der Waals surface area (Å²) in [4.78, 5) is 59.4. The van der Waals surface area contributed by atoms with Crippen LogP contribution in [0.25, 0.3) is 0 Å². The number of carboxylic acid groups (broad SMARTS) is 1. The molecule has 204 valence electrons. The number of pyridine rings is 1. The summed E-state index contributed by atoms with van der Waals surface area (Å²) in [6, 6.07) is 2.79. The first-order valence-corrected chi connectivity index (χ1v) is 12.9. The van der Waals surface area contributed by atoms with Gasteiger partial charge in [-0.2, -0.15) is 9.37 Å². The number of rotatable bonds is 7. The van der Waals surface area contributed by atoms with Crippen LogP contribution in [0.5, 0.6) is 5.88 Å². The number of carboxylic acids is 1. The van der Waals surface area contributed by atoms with Crippen molar-refractivity contribution in [3.8, 4) is 5.88 Å². The molecular formula is C21H18Cl2FN3O10S. The average Bonchev–Trinajstić information content (AvgIpc) is 2.83. The minimum Gasteiger partial charge on any atom is -0.479 e. The number of ketones is 3. The fourth-order valence-corrected chi connectivity index (χ4v) is 4.21. The lowest BCUT2D eigenvalue weighted by Crippen LogP contribution is -2.35. The first-order valence-electron chi connectivity index (χ1n) is 10.3. The number of carbonyl (C=O) groups excluding carboxylic acids is 3. The Morgan fingerprint density at radius 1 is 1.24 bits per heavy atom. The lowest BCUT2D eigenvalue weighted by molar-refractivity contribution is -0.385. The first-order chi connectivity index (χ1) is 17.6. The second-order valence-electron chi connectivity index (χ2n) is 7.72. The number of hydrogen-bond donors (Lipinski definition) is 2. The zero-order valence-corrected chi connectivity index (χ0v) is 21.6. The Labute approximate surface area is 223 Å². The van der Waals surface area contributed by atoms with Crippen molar-refractivity contribution in [2.75, 3.05) is 18.6 Å². The Hall–Kier alpha value is -3.69. The van der Waals surface area contributed by atoms with E-state index >= 15 is 0 Å². The van der Waals surface area contributed by atoms with Crippen LogP contribution in [0.15, 0.2) is 23.1 Å². The molecule has 0 saturated heterocycles. The third kappa shape index (κ3) is 7.20. The normalized spacial score (nSPS) is 13.9. The lowest BCUT2D eigenvalue weighted by atomic mass is 9.81. The van der Waals surface area contributed by atoms with Crippen molar-refractivity contribution in [2.45, 2.75) is 24.2 Å². The van der Waals surface area contributed by atoms with Gasteiger partial charge in [0.15, 0.2) is 33.8 Å². The minimum atomic E-state index is -3.70. The van der Waals surface area contributed by atoms with Gasteiger partial charge in [-0.05, 0) is 18.6 Å². The molecule has 0 aliphatic heterocycles. The third-order valence-corrected chi connectivity index (χ3v) is 6.82. The molecular weight excluding hydrogens is 576 g/mol. The van der Waals surface area contributed by atoms with Crippen LogP contribution < -0.4 is 10.5 Å². The summed E-state index contributed by atoms with van der Waals surface area (Å²) in [6.45, 7) is -0.701. The predicted octanol–water partition coefficient (Wildman–Crippen LogP) is 2.69. The van der Waals surface area contributed by atoms with Gasteiger partial charge in [0.1, 0.15) is 16.0 Å². The number of nitrogen functional groups attached to an aromatic ring is 1. The highest BCUT2D eigenvalue weighted by atomic mass is 35.5. The second-order valence-corrected chi connectivity index (χ2v) is 10.5. The van der Waals surface area contributed by atoms with E-state index in [2.05, 4.69) is 9.72 Å². The van der Waals surface area contributed by atoms with Crippen LogP contribution in [0.4, 0.5) is 15.8 Å². The number of nitrogens with zero attached hydrogens (tertiary/aromatic N) is 2. The molecule has 0 unspecified atom stereocenters. The van der Waals surface area contributed by atoms with Gasteiger partial charge in [0.05, 0.1) is 21.1 Å². The number of carbonyl (C=O) groups is 4. The van der Waals surface area contributed by atoms with Crippen LogP contribution in [-0.4, -0.2) is 59.6 Å². The van der Waals surface area contributed by atoms with Crippen molar-refractivity contribution in [3.05, 3.63) is 49.9 Å². The van der Waals surface area contributed by atoms with Gasteiger partial charge in [0, 0.05) is 25.2 Å². The summed E-state index contributed by atoms with van der Waals surface area (Å²) in [5, 5.41) is 18.8. The van der Waals surface area contributed by atoms with Crippen LogP contribution in [0.2, 0.25) is 10.0 Å². The molecule has 0 amide bonds. The highest BCUT2D eigenvalue weighted by Gasteiger charge is 2.39. The van der Waals surface area contributed by atoms with Crippen LogP contribution in [0.3, 0.4) is 0 Å². The Morgan fingerprint density at radius 3 is 2.32 bits per heavy atom. The van der Waals surface area contributed by atoms with E-state index < -0.39 is 78.7 Å². The molecule has 3 rings (SSSR count). The quantitative estimate of drug-likeness (QED) is 0.156. The second kappa shape index (κ2) is 12.2. The van der Waals surface area contributed by atoms with E-state index in [1.807, 2.05) is 0 Å². The van der Waals surface area contributed by atoms with Crippen molar-refractivity contribution in [2.24, 2.45) is 5.92 Å². The van der Waals surface area contributed by atoms with Gasteiger partial charge < -0.3 is 15.6 Å². The summed E-state index contributed by atoms with van der Waals surface area (Å²) in [5.74, 6) is -6.34. The number of Topliss-reactive ketones (excluding diaryl/α,β-unsaturated/α-hetero) is 3. The van der Waals surface area contributed by atoms with Crippen LogP contribution in [-0.2, 0) is 24.2 Å². The van der Waals surface area contributed by atoms with E-state index in [9.17, 15) is 42.1 Å². The monoisotopic (exact) mass is 593 g/mol. The van der Waals surface area contributed by atoms with Crippen molar-refractivity contribution < 1.29 is 46.8 Å². The SMILES string of the molecule is CS(=O)(=O)c1ccc(C(=O)C2C(=O)CCCC2=O)c([N+](=O)[O-])c1.Nc1c(Cl)c(F)nc(OCC(=O)O)c1Cl. The molecule has 2 aromatic rings. The molecule has 3 N–H and O–H groups in total. The maximum atomic E-state index is 12.9. The highest BCUT2D eigenvalue weighted by Crippen LogP contribution is 2.35. The average molecular weight is 594 g/mol. The summed E-state index contributed by atoms with van der Waals surface area (Å²) in [5.41, 5.74) is 3.91. The van der Waals surface area contributed by atoms with Crippen molar-refractivity contribution >= 4 is 67.7 Å². The predicted molar refractivity (Wildman–Crippen MR) is 130 cm³/mol. The van der Waals surface area contributed by atoms with Crippen LogP contribution >= 0.6 is 23.2 Å². The molecule has 0 bridgehead atoms. The largest absolute Gasteiger partial charge is 0.479 e. The Kier molecular flexibility index (Phi) is 9.83. The molecule has 0 atom stereocenters. The number of nitro benzene ring substituents is 1. The molecule has 0 radical (unpaired) electrons. The third-order valence-electron chi connectivity index (χ3n) is 4.99. The van der Waals surface area contributed by atoms with Gasteiger partial charge in [0.2, 0.25) is 11.8 Å². The van der Waals surface area contributed by atoms with Gasteiger partial charge in [-0.25, -0.2) is 13.2 Å².